The Morgan fingerprint density at radius 2 is 1.79 bits per heavy atom. The lowest BCUT2D eigenvalue weighted by molar-refractivity contribution is -0.384. The van der Waals surface area contributed by atoms with Gasteiger partial charge in [-0.2, -0.15) is 0 Å². The molecule has 0 spiro atoms. The maximum absolute atomic E-state index is 13.4. The Kier molecular flexibility index (Phi) is 7.75. The third-order valence-corrected chi connectivity index (χ3v) is 5.24. The molecule has 33 heavy (non-hydrogen) atoms. The molecule has 0 fully saturated rings. The summed E-state index contributed by atoms with van der Waals surface area (Å²) in [6.45, 7) is 4.41. The molecule has 8 heteroatoms. The van der Waals surface area contributed by atoms with Crippen LogP contribution >= 0.6 is 0 Å². The van der Waals surface area contributed by atoms with Crippen LogP contribution in [0.3, 0.4) is 0 Å². The summed E-state index contributed by atoms with van der Waals surface area (Å²) >= 11 is 0. The lowest BCUT2D eigenvalue weighted by Gasteiger charge is -2.27. The molecule has 0 aliphatic rings. The second-order valence-corrected chi connectivity index (χ2v) is 7.63. The molecule has 0 radical (unpaired) electrons. The first-order valence-corrected chi connectivity index (χ1v) is 10.5. The quantitative estimate of drug-likeness (QED) is 0.269. The second-order valence-electron chi connectivity index (χ2n) is 7.63. The fourth-order valence-electron chi connectivity index (χ4n) is 3.47. The van der Waals surface area contributed by atoms with Crippen molar-refractivity contribution in [1.29, 1.82) is 0 Å². The first-order valence-electron chi connectivity index (χ1n) is 10.5. The molecule has 1 aromatic heterocycles. The lowest BCUT2D eigenvalue weighted by Crippen LogP contribution is -2.42. The number of benzene rings is 2. The molecular weight excluding hydrogens is 420 g/mol. The Balaban J connectivity index is 1.83. The van der Waals surface area contributed by atoms with Crippen molar-refractivity contribution in [3.63, 3.8) is 0 Å². The van der Waals surface area contributed by atoms with Gasteiger partial charge in [-0.15, -0.1) is 6.58 Å². The minimum absolute atomic E-state index is 0.136. The molecule has 0 unspecified atom stereocenters. The van der Waals surface area contributed by atoms with Crippen LogP contribution in [0.15, 0.2) is 85.6 Å². The van der Waals surface area contributed by atoms with Gasteiger partial charge in [-0.1, -0.05) is 42.5 Å². The third kappa shape index (κ3) is 6.16. The van der Waals surface area contributed by atoms with Crippen molar-refractivity contribution in [2.24, 2.45) is 7.05 Å². The van der Waals surface area contributed by atoms with Gasteiger partial charge in [-0.3, -0.25) is 19.7 Å². The number of rotatable bonds is 10. The predicted octanol–water partition coefficient (Wildman–Crippen LogP) is 3.79. The Labute approximate surface area is 192 Å². The molecule has 0 N–H and O–H groups in total. The van der Waals surface area contributed by atoms with Gasteiger partial charge in [-0.25, -0.2) is 0 Å². The zero-order valence-electron chi connectivity index (χ0n) is 18.5. The lowest BCUT2D eigenvalue weighted by atomic mass is 10.1. The fourth-order valence-corrected chi connectivity index (χ4v) is 3.47. The summed E-state index contributed by atoms with van der Waals surface area (Å²) in [7, 11) is 1.91. The molecule has 0 aliphatic heterocycles. The van der Waals surface area contributed by atoms with Crippen molar-refractivity contribution in [3.8, 4) is 0 Å². The van der Waals surface area contributed by atoms with E-state index >= 15 is 0 Å². The molecule has 3 rings (SSSR count). The molecule has 0 saturated carbocycles. The minimum atomic E-state index is -0.554. The van der Waals surface area contributed by atoms with Crippen molar-refractivity contribution in [2.45, 2.75) is 13.1 Å². The number of aromatic nitrogens is 1. The van der Waals surface area contributed by atoms with E-state index in [9.17, 15) is 19.7 Å². The van der Waals surface area contributed by atoms with E-state index in [1.807, 2.05) is 60.3 Å². The molecule has 8 nitrogen and oxygen atoms in total. The van der Waals surface area contributed by atoms with Crippen LogP contribution in [0.2, 0.25) is 0 Å². The maximum atomic E-state index is 13.4. The molecule has 0 bridgehead atoms. The van der Waals surface area contributed by atoms with E-state index in [-0.39, 0.29) is 30.2 Å². The number of carbonyl (C=O) groups is 2. The van der Waals surface area contributed by atoms with Gasteiger partial charge < -0.3 is 14.4 Å². The topological polar surface area (TPSA) is 88.7 Å². The number of amides is 2. The van der Waals surface area contributed by atoms with Crippen LogP contribution in [0.1, 0.15) is 21.6 Å². The van der Waals surface area contributed by atoms with Gasteiger partial charge in [0.25, 0.3) is 11.6 Å². The van der Waals surface area contributed by atoms with E-state index in [2.05, 4.69) is 6.58 Å². The largest absolute Gasteiger partial charge is 0.353 e. The number of nitro groups is 1. The molecule has 170 valence electrons. The highest BCUT2D eigenvalue weighted by molar-refractivity contribution is 5.97. The molecule has 2 aromatic carbocycles. The number of nitrogens with zero attached hydrogens (tertiary/aromatic N) is 4. The average Bonchev–Trinajstić information content (AvgIpc) is 3.22. The van der Waals surface area contributed by atoms with Crippen molar-refractivity contribution in [1.82, 2.24) is 14.4 Å². The summed E-state index contributed by atoms with van der Waals surface area (Å²) in [6.07, 6.45) is 3.44. The molecule has 3 aromatic rings. The zero-order chi connectivity index (χ0) is 23.8. The van der Waals surface area contributed by atoms with Gasteiger partial charge in [0.05, 0.1) is 11.5 Å². The summed E-state index contributed by atoms with van der Waals surface area (Å²) in [4.78, 5) is 40.0. The highest BCUT2D eigenvalue weighted by Gasteiger charge is 2.23. The maximum Gasteiger partial charge on any atom is 0.270 e. The van der Waals surface area contributed by atoms with Crippen LogP contribution in [0, 0.1) is 10.1 Å². The van der Waals surface area contributed by atoms with Crippen LogP contribution in [-0.4, -0.2) is 44.2 Å². The van der Waals surface area contributed by atoms with Crippen LogP contribution in [0.25, 0.3) is 0 Å². The van der Waals surface area contributed by atoms with Crippen molar-refractivity contribution in [3.05, 3.63) is 113 Å². The van der Waals surface area contributed by atoms with E-state index in [1.54, 1.807) is 4.90 Å². The monoisotopic (exact) mass is 446 g/mol. The van der Waals surface area contributed by atoms with Crippen LogP contribution in [0.4, 0.5) is 5.69 Å². The smallest absolute Gasteiger partial charge is 0.270 e. The normalized spacial score (nSPS) is 10.5. The number of hydrogen-bond donors (Lipinski definition) is 0. The molecular formula is C25H26N4O4. The first kappa shape index (κ1) is 23.5. The van der Waals surface area contributed by atoms with Gasteiger partial charge in [0.2, 0.25) is 5.91 Å². The average molecular weight is 447 g/mol. The van der Waals surface area contributed by atoms with E-state index in [4.69, 9.17) is 0 Å². The highest BCUT2D eigenvalue weighted by atomic mass is 16.6. The summed E-state index contributed by atoms with van der Waals surface area (Å²) in [5.41, 5.74) is 1.90. The van der Waals surface area contributed by atoms with E-state index < -0.39 is 10.8 Å². The number of carbonyl (C=O) groups excluding carboxylic acids is 2. The third-order valence-electron chi connectivity index (χ3n) is 5.24. The molecule has 0 aliphatic carbocycles. The predicted molar refractivity (Wildman–Crippen MR) is 125 cm³/mol. The summed E-state index contributed by atoms with van der Waals surface area (Å²) in [5, 5.41) is 11.1. The fraction of sp³-hybridized carbons (Fsp3) is 0.200. The molecule has 2 amide bonds. The second kappa shape index (κ2) is 10.9. The number of nitro benzene ring substituents is 1. The van der Waals surface area contributed by atoms with Gasteiger partial charge in [0.15, 0.2) is 0 Å². The van der Waals surface area contributed by atoms with Crippen LogP contribution in [0.5, 0.6) is 0 Å². The number of aryl methyl sites for hydroxylation is 1. The summed E-state index contributed by atoms with van der Waals surface area (Å²) < 4.78 is 1.95. The first-order chi connectivity index (χ1) is 15.9. The Hall–Kier alpha value is -4.20. The molecule has 0 saturated heterocycles. The van der Waals surface area contributed by atoms with Gasteiger partial charge in [0.1, 0.15) is 6.54 Å². The number of hydrogen-bond acceptors (Lipinski definition) is 4. The minimum Gasteiger partial charge on any atom is -0.353 e. The highest BCUT2D eigenvalue weighted by Crippen LogP contribution is 2.16. The standard InChI is InChI=1S/C25H26N4O4/c1-3-14-27(25(31)21-11-7-12-22(16-21)29(32)33)19-24(30)28(17-20-9-5-4-6-10-20)18-23-13-8-15-26(23)2/h3-13,15-16H,1,14,17-19H2,2H3. The zero-order valence-corrected chi connectivity index (χ0v) is 18.5. The SMILES string of the molecule is C=CCN(CC(=O)N(Cc1ccccc1)Cc1cccn1C)C(=O)c1cccc([N+](=O)[O-])c1. The molecule has 0 atom stereocenters. The van der Waals surface area contributed by atoms with E-state index in [0.29, 0.717) is 13.1 Å². The Morgan fingerprint density at radius 1 is 1.03 bits per heavy atom. The summed E-state index contributed by atoms with van der Waals surface area (Å²) in [5.74, 6) is -0.703. The van der Waals surface area contributed by atoms with Gasteiger partial charge in [0, 0.05) is 49.7 Å². The van der Waals surface area contributed by atoms with Gasteiger partial charge in [-0.05, 0) is 23.8 Å². The Morgan fingerprint density at radius 3 is 2.42 bits per heavy atom. The van der Waals surface area contributed by atoms with Crippen LogP contribution < -0.4 is 0 Å². The van der Waals surface area contributed by atoms with Crippen molar-refractivity contribution < 1.29 is 14.5 Å². The van der Waals surface area contributed by atoms with Crippen molar-refractivity contribution in [2.75, 3.05) is 13.1 Å². The summed E-state index contributed by atoms with van der Waals surface area (Å²) in [6, 6.07) is 19.0. The van der Waals surface area contributed by atoms with E-state index in [1.165, 1.54) is 35.2 Å². The van der Waals surface area contributed by atoms with E-state index in [0.717, 1.165) is 11.3 Å². The number of non-ortho nitro benzene ring substituents is 1. The van der Waals surface area contributed by atoms with Crippen LogP contribution in [-0.2, 0) is 24.9 Å². The Bertz CT molecular complexity index is 1140. The van der Waals surface area contributed by atoms with Gasteiger partial charge >= 0.3 is 0 Å². The van der Waals surface area contributed by atoms with Crippen molar-refractivity contribution >= 4 is 17.5 Å². The molecule has 1 heterocycles.